The molecule has 1 heterocycles. The van der Waals surface area contributed by atoms with Crippen LogP contribution in [0.3, 0.4) is 0 Å². The van der Waals surface area contributed by atoms with E-state index in [0.29, 0.717) is 0 Å². The molecule has 0 aromatic heterocycles. The van der Waals surface area contributed by atoms with Gasteiger partial charge in [0.25, 0.3) is 0 Å². The van der Waals surface area contributed by atoms with Gasteiger partial charge in [-0.25, -0.2) is 0 Å². The van der Waals surface area contributed by atoms with Crippen molar-refractivity contribution in [3.8, 4) is 0 Å². The molecule has 1 heteroatoms. The number of likely N-dealkylation sites (N-methyl/N-ethyl adjacent to an activating group) is 1. The van der Waals surface area contributed by atoms with E-state index in [1.54, 1.807) is 0 Å². The third-order valence-corrected chi connectivity index (χ3v) is 2.37. The van der Waals surface area contributed by atoms with Crippen molar-refractivity contribution in [3.63, 3.8) is 0 Å². The van der Waals surface area contributed by atoms with E-state index in [9.17, 15) is 0 Å². The standard InChI is InChI=1S/C10H13N/c1-8-3-4-9-5-6-11(2)10(9)7-8/h3-4,7H,5-6H2,1-2H3. The summed E-state index contributed by atoms with van der Waals surface area (Å²) in [6, 6.07) is 6.70. The van der Waals surface area contributed by atoms with E-state index in [2.05, 4.69) is 37.1 Å². The molecular weight excluding hydrogens is 134 g/mol. The highest BCUT2D eigenvalue weighted by molar-refractivity contribution is 5.58. The molecule has 0 spiro atoms. The lowest BCUT2D eigenvalue weighted by Crippen LogP contribution is -2.12. The Morgan fingerprint density at radius 2 is 2.18 bits per heavy atom. The van der Waals surface area contributed by atoms with Crippen LogP contribution < -0.4 is 4.90 Å². The molecule has 1 aromatic carbocycles. The first-order valence-electron chi connectivity index (χ1n) is 4.08. The minimum atomic E-state index is 1.18. The van der Waals surface area contributed by atoms with Gasteiger partial charge in [0.1, 0.15) is 0 Å². The van der Waals surface area contributed by atoms with E-state index < -0.39 is 0 Å². The number of hydrogen-bond donors (Lipinski definition) is 0. The van der Waals surface area contributed by atoms with Crippen molar-refractivity contribution >= 4 is 5.69 Å². The van der Waals surface area contributed by atoms with E-state index >= 15 is 0 Å². The molecule has 2 rings (SSSR count). The van der Waals surface area contributed by atoms with Crippen molar-refractivity contribution in [2.45, 2.75) is 13.3 Å². The largest absolute Gasteiger partial charge is 0.374 e. The highest BCUT2D eigenvalue weighted by Crippen LogP contribution is 2.26. The molecule has 0 unspecified atom stereocenters. The van der Waals surface area contributed by atoms with Crippen LogP contribution in [0.15, 0.2) is 18.2 Å². The van der Waals surface area contributed by atoms with Crippen LogP contribution >= 0.6 is 0 Å². The third kappa shape index (κ3) is 1.01. The topological polar surface area (TPSA) is 3.24 Å². The zero-order valence-corrected chi connectivity index (χ0v) is 7.09. The average molecular weight is 147 g/mol. The van der Waals surface area contributed by atoms with Gasteiger partial charge < -0.3 is 4.90 Å². The quantitative estimate of drug-likeness (QED) is 0.542. The van der Waals surface area contributed by atoms with Crippen LogP contribution in [0, 0.1) is 6.92 Å². The van der Waals surface area contributed by atoms with Gasteiger partial charge >= 0.3 is 0 Å². The van der Waals surface area contributed by atoms with Crippen molar-refractivity contribution in [3.05, 3.63) is 29.3 Å². The van der Waals surface area contributed by atoms with Gasteiger partial charge in [-0.3, -0.25) is 0 Å². The summed E-state index contributed by atoms with van der Waals surface area (Å²) in [7, 11) is 2.16. The summed E-state index contributed by atoms with van der Waals surface area (Å²) in [5.41, 5.74) is 4.28. The lowest BCUT2D eigenvalue weighted by Gasteiger charge is -2.11. The van der Waals surface area contributed by atoms with Crippen LogP contribution in [0.4, 0.5) is 5.69 Å². The van der Waals surface area contributed by atoms with Crippen LogP contribution in [0.5, 0.6) is 0 Å². The Morgan fingerprint density at radius 1 is 1.36 bits per heavy atom. The highest BCUT2D eigenvalue weighted by atomic mass is 15.1. The molecular formula is C10H13N. The van der Waals surface area contributed by atoms with Crippen LogP contribution in [-0.2, 0) is 6.42 Å². The molecule has 0 bridgehead atoms. The Labute approximate surface area is 67.6 Å². The van der Waals surface area contributed by atoms with Gasteiger partial charge in [0.2, 0.25) is 0 Å². The smallest absolute Gasteiger partial charge is 0.0399 e. The van der Waals surface area contributed by atoms with Gasteiger partial charge in [0.05, 0.1) is 0 Å². The number of hydrogen-bond acceptors (Lipinski definition) is 1. The number of anilines is 1. The minimum Gasteiger partial charge on any atom is -0.374 e. The van der Waals surface area contributed by atoms with Crippen molar-refractivity contribution in [2.24, 2.45) is 0 Å². The van der Waals surface area contributed by atoms with Crippen molar-refractivity contribution < 1.29 is 0 Å². The first-order valence-corrected chi connectivity index (χ1v) is 4.08. The molecule has 0 N–H and O–H groups in total. The number of aryl methyl sites for hydroxylation is 1. The maximum Gasteiger partial charge on any atom is 0.0399 e. The molecule has 0 saturated heterocycles. The van der Waals surface area contributed by atoms with E-state index in [-0.39, 0.29) is 0 Å². The fourth-order valence-electron chi connectivity index (χ4n) is 1.65. The second-order valence-corrected chi connectivity index (χ2v) is 3.30. The summed E-state index contributed by atoms with van der Waals surface area (Å²) >= 11 is 0. The fraction of sp³-hybridized carbons (Fsp3) is 0.400. The van der Waals surface area contributed by atoms with E-state index in [0.717, 1.165) is 0 Å². The maximum atomic E-state index is 2.32. The average Bonchev–Trinajstić information content (AvgIpc) is 2.33. The molecule has 58 valence electrons. The maximum absolute atomic E-state index is 2.32. The second-order valence-electron chi connectivity index (χ2n) is 3.30. The van der Waals surface area contributed by atoms with E-state index in [1.165, 1.54) is 29.8 Å². The number of nitrogens with zero attached hydrogens (tertiary/aromatic N) is 1. The van der Waals surface area contributed by atoms with E-state index in [4.69, 9.17) is 0 Å². The lowest BCUT2D eigenvalue weighted by atomic mass is 10.1. The fourth-order valence-corrected chi connectivity index (χ4v) is 1.65. The van der Waals surface area contributed by atoms with Gasteiger partial charge in [-0.2, -0.15) is 0 Å². The minimum absolute atomic E-state index is 1.18. The summed E-state index contributed by atoms with van der Waals surface area (Å²) in [5, 5.41) is 0. The van der Waals surface area contributed by atoms with Crippen LogP contribution in [0.1, 0.15) is 11.1 Å². The Hall–Kier alpha value is -0.980. The lowest BCUT2D eigenvalue weighted by molar-refractivity contribution is 0.956. The zero-order valence-electron chi connectivity index (χ0n) is 7.09. The van der Waals surface area contributed by atoms with Gasteiger partial charge in [0.15, 0.2) is 0 Å². The Morgan fingerprint density at radius 3 is 3.00 bits per heavy atom. The van der Waals surface area contributed by atoms with Gasteiger partial charge in [-0.05, 0) is 30.5 Å². The number of rotatable bonds is 0. The SMILES string of the molecule is Cc1ccc2c(c1)N(C)CC2. The van der Waals surface area contributed by atoms with Crippen LogP contribution in [0.25, 0.3) is 0 Å². The zero-order chi connectivity index (χ0) is 7.84. The van der Waals surface area contributed by atoms with E-state index in [1.807, 2.05) is 0 Å². The molecule has 1 aliphatic rings. The second kappa shape index (κ2) is 2.26. The molecule has 1 aromatic rings. The summed E-state index contributed by atoms with van der Waals surface area (Å²) in [6.07, 6.45) is 1.21. The van der Waals surface area contributed by atoms with Crippen molar-refractivity contribution in [2.75, 3.05) is 18.5 Å². The highest BCUT2D eigenvalue weighted by Gasteiger charge is 2.14. The third-order valence-electron chi connectivity index (χ3n) is 2.37. The van der Waals surface area contributed by atoms with Crippen LogP contribution in [0.2, 0.25) is 0 Å². The summed E-state index contributed by atoms with van der Waals surface area (Å²) < 4.78 is 0. The van der Waals surface area contributed by atoms with Crippen molar-refractivity contribution in [1.29, 1.82) is 0 Å². The molecule has 0 fully saturated rings. The molecule has 0 aliphatic carbocycles. The predicted molar refractivity (Wildman–Crippen MR) is 48.2 cm³/mol. The molecule has 0 radical (unpaired) electrons. The summed E-state index contributed by atoms with van der Waals surface area (Å²) in [5.74, 6) is 0. The number of benzene rings is 1. The molecule has 1 aliphatic heterocycles. The van der Waals surface area contributed by atoms with Gasteiger partial charge in [0, 0.05) is 19.3 Å². The normalized spacial score (nSPS) is 15.3. The Balaban J connectivity index is 2.52. The van der Waals surface area contributed by atoms with Crippen molar-refractivity contribution in [1.82, 2.24) is 0 Å². The molecule has 1 nitrogen and oxygen atoms in total. The molecule has 0 amide bonds. The number of fused-ring (bicyclic) bond motifs is 1. The van der Waals surface area contributed by atoms with Gasteiger partial charge in [-0.15, -0.1) is 0 Å². The van der Waals surface area contributed by atoms with Gasteiger partial charge in [-0.1, -0.05) is 12.1 Å². The monoisotopic (exact) mass is 147 g/mol. The summed E-state index contributed by atoms with van der Waals surface area (Å²) in [6.45, 7) is 3.32. The predicted octanol–water partition coefficient (Wildman–Crippen LogP) is 1.99. The molecule has 11 heavy (non-hydrogen) atoms. The Kier molecular flexibility index (Phi) is 1.38. The summed E-state index contributed by atoms with van der Waals surface area (Å²) in [4.78, 5) is 2.32. The molecule has 0 saturated carbocycles. The first-order chi connectivity index (χ1) is 5.27. The molecule has 0 atom stereocenters. The first kappa shape index (κ1) is 6.71. The Bertz CT molecular complexity index is 278. The van der Waals surface area contributed by atoms with Crippen LogP contribution in [-0.4, -0.2) is 13.6 Å².